The first-order chi connectivity index (χ1) is 7.16. The summed E-state index contributed by atoms with van der Waals surface area (Å²) in [6.07, 6.45) is 0. The Hall–Kier alpha value is -0.790. The molecule has 0 bridgehead atoms. The highest BCUT2D eigenvalue weighted by atomic mass is 79.9. The Balaban J connectivity index is 2.53. The van der Waals surface area contributed by atoms with Crippen LogP contribution in [-0.4, -0.2) is 0 Å². The zero-order valence-corrected chi connectivity index (χ0v) is 10.6. The second-order valence-electron chi connectivity index (χ2n) is 3.49. The van der Waals surface area contributed by atoms with Gasteiger partial charge < -0.3 is 0 Å². The van der Waals surface area contributed by atoms with Crippen molar-refractivity contribution >= 4 is 27.5 Å². The minimum atomic E-state index is 0.794. The first-order valence-corrected chi connectivity index (χ1v) is 5.86. The first kappa shape index (κ1) is 10.7. The number of hydrogen-bond donors (Lipinski definition) is 0. The molecule has 0 aliphatic carbocycles. The lowest BCUT2D eigenvalue weighted by molar-refractivity contribution is 1.46. The average molecular weight is 282 g/mol. The summed E-state index contributed by atoms with van der Waals surface area (Å²) in [6.45, 7) is 2.07. The Morgan fingerprint density at radius 2 is 1.67 bits per heavy atom. The smallest absolute Gasteiger partial charge is 0.0484 e. The summed E-state index contributed by atoms with van der Waals surface area (Å²) in [4.78, 5) is 0. The highest BCUT2D eigenvalue weighted by Crippen LogP contribution is 2.29. The molecule has 2 rings (SSSR count). The molecule has 15 heavy (non-hydrogen) atoms. The minimum absolute atomic E-state index is 0.794. The van der Waals surface area contributed by atoms with E-state index in [1.165, 1.54) is 5.56 Å². The van der Waals surface area contributed by atoms with Crippen molar-refractivity contribution in [2.45, 2.75) is 6.92 Å². The monoisotopic (exact) mass is 280 g/mol. The van der Waals surface area contributed by atoms with Crippen LogP contribution in [-0.2, 0) is 0 Å². The molecule has 0 spiro atoms. The number of halogens is 2. The largest absolute Gasteiger partial charge is 0.0837 e. The SMILES string of the molecule is Cc1ccc(Cl)c(-c2ccc(Br)cc2)c1. The Kier molecular flexibility index (Phi) is 3.13. The fraction of sp³-hybridized carbons (Fsp3) is 0.0769. The van der Waals surface area contributed by atoms with E-state index in [0.717, 1.165) is 20.6 Å². The second-order valence-corrected chi connectivity index (χ2v) is 4.81. The fourth-order valence-corrected chi connectivity index (χ4v) is 1.98. The van der Waals surface area contributed by atoms with Crippen molar-refractivity contribution in [1.82, 2.24) is 0 Å². The molecule has 76 valence electrons. The lowest BCUT2D eigenvalue weighted by atomic mass is 10.0. The lowest BCUT2D eigenvalue weighted by Gasteiger charge is -2.05. The van der Waals surface area contributed by atoms with Gasteiger partial charge >= 0.3 is 0 Å². The van der Waals surface area contributed by atoms with Gasteiger partial charge in [0, 0.05) is 15.1 Å². The fourth-order valence-electron chi connectivity index (χ4n) is 1.49. The molecule has 2 heteroatoms. The lowest BCUT2D eigenvalue weighted by Crippen LogP contribution is -1.81. The maximum absolute atomic E-state index is 6.16. The molecule has 0 aliphatic rings. The second kappa shape index (κ2) is 4.38. The van der Waals surface area contributed by atoms with Crippen molar-refractivity contribution in [2.75, 3.05) is 0 Å². The van der Waals surface area contributed by atoms with Crippen LogP contribution in [0.1, 0.15) is 5.56 Å². The van der Waals surface area contributed by atoms with Crippen molar-refractivity contribution < 1.29 is 0 Å². The Labute approximate surface area is 103 Å². The molecule has 0 atom stereocenters. The van der Waals surface area contributed by atoms with Gasteiger partial charge in [-0.15, -0.1) is 0 Å². The van der Waals surface area contributed by atoms with E-state index in [1.54, 1.807) is 0 Å². The number of benzene rings is 2. The molecule has 0 saturated carbocycles. The molecule has 2 aromatic carbocycles. The van der Waals surface area contributed by atoms with Crippen LogP contribution in [0.5, 0.6) is 0 Å². The van der Waals surface area contributed by atoms with E-state index in [2.05, 4.69) is 41.1 Å². The van der Waals surface area contributed by atoms with Gasteiger partial charge in [-0.3, -0.25) is 0 Å². The van der Waals surface area contributed by atoms with Crippen LogP contribution in [0.2, 0.25) is 5.02 Å². The molecule has 0 heterocycles. The number of hydrogen-bond acceptors (Lipinski definition) is 0. The van der Waals surface area contributed by atoms with E-state index in [1.807, 2.05) is 24.3 Å². The molecule has 0 saturated heterocycles. The maximum atomic E-state index is 6.16. The summed E-state index contributed by atoms with van der Waals surface area (Å²) in [5.41, 5.74) is 3.45. The van der Waals surface area contributed by atoms with E-state index < -0.39 is 0 Å². The molecule has 0 amide bonds. The highest BCUT2D eigenvalue weighted by Gasteiger charge is 2.03. The average Bonchev–Trinajstić information content (AvgIpc) is 2.23. The molecule has 0 nitrogen and oxygen atoms in total. The van der Waals surface area contributed by atoms with Crippen LogP contribution in [0.15, 0.2) is 46.9 Å². The van der Waals surface area contributed by atoms with Crippen LogP contribution < -0.4 is 0 Å². The standard InChI is InChI=1S/C13H10BrCl/c1-9-2-7-13(15)12(8-9)10-3-5-11(14)6-4-10/h2-8H,1H3. The predicted octanol–water partition coefficient (Wildman–Crippen LogP) is 5.08. The molecule has 0 N–H and O–H groups in total. The van der Waals surface area contributed by atoms with Crippen molar-refractivity contribution in [3.8, 4) is 11.1 Å². The normalized spacial score (nSPS) is 10.3. The summed E-state index contributed by atoms with van der Waals surface area (Å²) in [5, 5.41) is 0.794. The molecule has 0 unspecified atom stereocenters. The molecule has 0 aliphatic heterocycles. The molecular formula is C13H10BrCl. The van der Waals surface area contributed by atoms with Gasteiger partial charge in [-0.05, 0) is 36.8 Å². The molecule has 0 radical (unpaired) electrons. The zero-order valence-electron chi connectivity index (χ0n) is 8.30. The molecular weight excluding hydrogens is 272 g/mol. The van der Waals surface area contributed by atoms with E-state index in [-0.39, 0.29) is 0 Å². The Morgan fingerprint density at radius 1 is 1.00 bits per heavy atom. The van der Waals surface area contributed by atoms with Gasteiger partial charge in [0.2, 0.25) is 0 Å². The summed E-state index contributed by atoms with van der Waals surface area (Å²) in [6, 6.07) is 14.2. The van der Waals surface area contributed by atoms with Gasteiger partial charge in [0.05, 0.1) is 0 Å². The van der Waals surface area contributed by atoms with Gasteiger partial charge in [0.15, 0.2) is 0 Å². The third-order valence-electron chi connectivity index (χ3n) is 2.28. The summed E-state index contributed by atoms with van der Waals surface area (Å²) < 4.78 is 1.08. The Morgan fingerprint density at radius 3 is 2.33 bits per heavy atom. The summed E-state index contributed by atoms with van der Waals surface area (Å²) >= 11 is 9.58. The zero-order chi connectivity index (χ0) is 10.8. The van der Waals surface area contributed by atoms with Gasteiger partial charge in [0.1, 0.15) is 0 Å². The Bertz CT molecular complexity index is 474. The highest BCUT2D eigenvalue weighted by molar-refractivity contribution is 9.10. The van der Waals surface area contributed by atoms with E-state index in [9.17, 15) is 0 Å². The van der Waals surface area contributed by atoms with E-state index in [0.29, 0.717) is 0 Å². The first-order valence-electron chi connectivity index (χ1n) is 4.69. The maximum Gasteiger partial charge on any atom is 0.0484 e. The quantitative estimate of drug-likeness (QED) is 0.684. The number of rotatable bonds is 1. The molecule has 0 aromatic heterocycles. The predicted molar refractivity (Wildman–Crippen MR) is 69.3 cm³/mol. The number of aryl methyl sites for hydroxylation is 1. The minimum Gasteiger partial charge on any atom is -0.0837 e. The van der Waals surface area contributed by atoms with Crippen LogP contribution in [0.3, 0.4) is 0 Å². The van der Waals surface area contributed by atoms with Crippen molar-refractivity contribution in [2.24, 2.45) is 0 Å². The van der Waals surface area contributed by atoms with Crippen molar-refractivity contribution in [3.63, 3.8) is 0 Å². The summed E-state index contributed by atoms with van der Waals surface area (Å²) in [7, 11) is 0. The van der Waals surface area contributed by atoms with Gasteiger partial charge in [-0.25, -0.2) is 0 Å². The third-order valence-corrected chi connectivity index (χ3v) is 3.14. The summed E-state index contributed by atoms with van der Waals surface area (Å²) in [5.74, 6) is 0. The third kappa shape index (κ3) is 2.42. The van der Waals surface area contributed by atoms with Gasteiger partial charge in [-0.1, -0.05) is 51.3 Å². The van der Waals surface area contributed by atoms with Crippen molar-refractivity contribution in [3.05, 3.63) is 57.5 Å². The van der Waals surface area contributed by atoms with Crippen LogP contribution in [0.25, 0.3) is 11.1 Å². The van der Waals surface area contributed by atoms with E-state index >= 15 is 0 Å². The van der Waals surface area contributed by atoms with Crippen molar-refractivity contribution in [1.29, 1.82) is 0 Å². The van der Waals surface area contributed by atoms with E-state index in [4.69, 9.17) is 11.6 Å². The van der Waals surface area contributed by atoms with Crippen LogP contribution in [0.4, 0.5) is 0 Å². The molecule has 2 aromatic rings. The van der Waals surface area contributed by atoms with Gasteiger partial charge in [0.25, 0.3) is 0 Å². The molecule has 0 fully saturated rings. The van der Waals surface area contributed by atoms with Crippen LogP contribution >= 0.6 is 27.5 Å². The topological polar surface area (TPSA) is 0 Å². The van der Waals surface area contributed by atoms with Crippen LogP contribution in [0, 0.1) is 6.92 Å². The van der Waals surface area contributed by atoms with Gasteiger partial charge in [-0.2, -0.15) is 0 Å².